The third-order valence-corrected chi connectivity index (χ3v) is 5.57. The highest BCUT2D eigenvalue weighted by Crippen LogP contribution is 2.38. The lowest BCUT2D eigenvalue weighted by atomic mass is 9.84. The number of nitrogens with one attached hydrogen (secondary N) is 1. The third-order valence-electron chi connectivity index (χ3n) is 5.57. The van der Waals surface area contributed by atoms with E-state index in [2.05, 4.69) is 10.2 Å². The lowest BCUT2D eigenvalue weighted by Gasteiger charge is -2.45. The van der Waals surface area contributed by atoms with Crippen LogP contribution in [0.4, 0.5) is 0 Å². The molecule has 1 atom stereocenters. The zero-order valence-corrected chi connectivity index (χ0v) is 13.5. The van der Waals surface area contributed by atoms with Crippen LogP contribution in [0.25, 0.3) is 0 Å². The van der Waals surface area contributed by atoms with Gasteiger partial charge in [0.25, 0.3) is 5.91 Å². The van der Waals surface area contributed by atoms with Crippen LogP contribution < -0.4 is 5.32 Å². The summed E-state index contributed by atoms with van der Waals surface area (Å²) in [6.45, 7) is 3.78. The van der Waals surface area contributed by atoms with Gasteiger partial charge in [-0.1, -0.05) is 0 Å². The van der Waals surface area contributed by atoms with Crippen LogP contribution >= 0.6 is 0 Å². The average molecular weight is 309 g/mol. The summed E-state index contributed by atoms with van der Waals surface area (Å²) in [5.74, 6) is 0.252. The fraction of sp³-hybridized carbons (Fsp3) is 0.875. The highest BCUT2D eigenvalue weighted by Gasteiger charge is 2.44. The van der Waals surface area contributed by atoms with E-state index in [0.29, 0.717) is 13.2 Å². The molecule has 6 heteroatoms. The molecule has 6 nitrogen and oxygen atoms in total. The van der Waals surface area contributed by atoms with E-state index in [1.54, 1.807) is 7.05 Å². The van der Waals surface area contributed by atoms with Crippen molar-refractivity contribution >= 4 is 11.8 Å². The predicted molar refractivity (Wildman–Crippen MR) is 82.4 cm³/mol. The Labute approximate surface area is 132 Å². The molecule has 0 bridgehead atoms. The fourth-order valence-electron chi connectivity index (χ4n) is 4.18. The summed E-state index contributed by atoms with van der Waals surface area (Å²) in [6, 6.07) is 0. The molecule has 0 aliphatic carbocycles. The number of carbonyl (C=O) groups excluding carboxylic acids is 2. The number of nitrogens with zero attached hydrogens (tertiary/aromatic N) is 2. The topological polar surface area (TPSA) is 61.9 Å². The van der Waals surface area contributed by atoms with Crippen molar-refractivity contribution in [1.29, 1.82) is 0 Å². The standard InChI is InChI=1S/C16H27N3O3/c1-17-14(20)12-19-8-3-5-16(19)6-9-18(10-7-16)15(21)13-4-2-11-22-13/h13H,2-12H2,1H3,(H,17,20)/t13-/m0/s1. The van der Waals surface area contributed by atoms with Gasteiger partial charge >= 0.3 is 0 Å². The van der Waals surface area contributed by atoms with Crippen molar-refractivity contribution < 1.29 is 14.3 Å². The molecule has 1 spiro atoms. The Hall–Kier alpha value is -1.14. The van der Waals surface area contributed by atoms with Gasteiger partial charge in [0.15, 0.2) is 0 Å². The molecule has 0 aromatic rings. The number of carbonyl (C=O) groups is 2. The maximum absolute atomic E-state index is 12.4. The van der Waals surface area contributed by atoms with Crippen LogP contribution in [-0.4, -0.2) is 73.1 Å². The van der Waals surface area contributed by atoms with E-state index in [0.717, 1.165) is 58.2 Å². The molecule has 3 rings (SSSR count). The van der Waals surface area contributed by atoms with Crippen LogP contribution in [-0.2, 0) is 14.3 Å². The van der Waals surface area contributed by atoms with Gasteiger partial charge in [-0.3, -0.25) is 14.5 Å². The number of ether oxygens (including phenoxy) is 1. The summed E-state index contributed by atoms with van der Waals surface area (Å²) in [6.07, 6.45) is 5.89. The molecule has 0 aromatic heterocycles. The summed E-state index contributed by atoms with van der Waals surface area (Å²) in [4.78, 5) is 28.4. The van der Waals surface area contributed by atoms with Gasteiger partial charge in [0.2, 0.25) is 5.91 Å². The van der Waals surface area contributed by atoms with E-state index < -0.39 is 0 Å². The highest BCUT2D eigenvalue weighted by molar-refractivity contribution is 5.81. The molecule has 0 saturated carbocycles. The van der Waals surface area contributed by atoms with Crippen LogP contribution in [0.2, 0.25) is 0 Å². The SMILES string of the molecule is CNC(=O)CN1CCCC12CCN(C(=O)[C@@H]1CCCO1)CC2. The second-order valence-electron chi connectivity index (χ2n) is 6.75. The third kappa shape index (κ3) is 2.99. The van der Waals surface area contributed by atoms with E-state index >= 15 is 0 Å². The maximum atomic E-state index is 12.4. The number of hydrogen-bond donors (Lipinski definition) is 1. The Morgan fingerprint density at radius 2 is 1.95 bits per heavy atom. The van der Waals surface area contributed by atoms with Gasteiger partial charge in [0.1, 0.15) is 6.10 Å². The van der Waals surface area contributed by atoms with Gasteiger partial charge in [-0.05, 0) is 45.1 Å². The molecule has 0 aromatic carbocycles. The van der Waals surface area contributed by atoms with Crippen molar-refractivity contribution in [2.75, 3.05) is 39.8 Å². The monoisotopic (exact) mass is 309 g/mol. The minimum Gasteiger partial charge on any atom is -0.368 e. The van der Waals surface area contributed by atoms with Gasteiger partial charge in [0, 0.05) is 32.3 Å². The van der Waals surface area contributed by atoms with E-state index in [9.17, 15) is 9.59 Å². The molecule has 3 aliphatic rings. The molecular weight excluding hydrogens is 282 g/mol. The number of amides is 2. The first kappa shape index (κ1) is 15.7. The minimum atomic E-state index is -0.209. The summed E-state index contributed by atoms with van der Waals surface area (Å²) < 4.78 is 5.52. The van der Waals surface area contributed by atoms with E-state index in [4.69, 9.17) is 4.74 Å². The number of likely N-dealkylation sites (N-methyl/N-ethyl adjacent to an activating group) is 1. The quantitative estimate of drug-likeness (QED) is 0.818. The van der Waals surface area contributed by atoms with Crippen molar-refractivity contribution in [3.8, 4) is 0 Å². The molecule has 0 radical (unpaired) electrons. The molecule has 124 valence electrons. The Morgan fingerprint density at radius 1 is 1.18 bits per heavy atom. The van der Waals surface area contributed by atoms with Crippen LogP contribution in [0, 0.1) is 0 Å². The molecule has 1 N–H and O–H groups in total. The number of hydrogen-bond acceptors (Lipinski definition) is 4. The Kier molecular flexibility index (Phi) is 4.68. The zero-order valence-electron chi connectivity index (χ0n) is 13.5. The summed E-state index contributed by atoms with van der Waals surface area (Å²) in [7, 11) is 1.69. The van der Waals surface area contributed by atoms with Crippen LogP contribution in [0.1, 0.15) is 38.5 Å². The minimum absolute atomic E-state index is 0.0825. The Balaban J connectivity index is 1.57. The van der Waals surface area contributed by atoms with Crippen molar-refractivity contribution in [2.24, 2.45) is 0 Å². The summed E-state index contributed by atoms with van der Waals surface area (Å²) in [5.41, 5.74) is 0.125. The van der Waals surface area contributed by atoms with Crippen molar-refractivity contribution in [1.82, 2.24) is 15.1 Å². The predicted octanol–water partition coefficient (Wildman–Crippen LogP) is 0.368. The van der Waals surface area contributed by atoms with Crippen LogP contribution in [0.5, 0.6) is 0 Å². The van der Waals surface area contributed by atoms with E-state index in [1.165, 1.54) is 0 Å². The summed E-state index contributed by atoms with van der Waals surface area (Å²) >= 11 is 0. The maximum Gasteiger partial charge on any atom is 0.251 e. The lowest BCUT2D eigenvalue weighted by Crippen LogP contribution is -2.56. The number of piperidine rings is 1. The first-order valence-electron chi connectivity index (χ1n) is 8.51. The fourth-order valence-corrected chi connectivity index (χ4v) is 4.18. The Bertz CT molecular complexity index is 426. The first-order valence-corrected chi connectivity index (χ1v) is 8.51. The average Bonchev–Trinajstić information content (AvgIpc) is 3.19. The van der Waals surface area contributed by atoms with Gasteiger partial charge in [-0.15, -0.1) is 0 Å². The van der Waals surface area contributed by atoms with Crippen LogP contribution in [0.15, 0.2) is 0 Å². The number of rotatable bonds is 3. The first-order chi connectivity index (χ1) is 10.6. The molecule has 3 fully saturated rings. The van der Waals surface area contributed by atoms with E-state index in [1.807, 2.05) is 4.90 Å². The van der Waals surface area contributed by atoms with Gasteiger partial charge in [-0.25, -0.2) is 0 Å². The number of likely N-dealkylation sites (tertiary alicyclic amines) is 2. The molecule has 22 heavy (non-hydrogen) atoms. The van der Waals surface area contributed by atoms with Crippen molar-refractivity contribution in [3.63, 3.8) is 0 Å². The molecule has 3 aliphatic heterocycles. The second-order valence-corrected chi connectivity index (χ2v) is 6.75. The smallest absolute Gasteiger partial charge is 0.251 e. The largest absolute Gasteiger partial charge is 0.368 e. The Morgan fingerprint density at radius 3 is 2.59 bits per heavy atom. The van der Waals surface area contributed by atoms with Gasteiger partial charge < -0.3 is 15.0 Å². The second kappa shape index (κ2) is 6.54. The lowest BCUT2D eigenvalue weighted by molar-refractivity contribution is -0.143. The van der Waals surface area contributed by atoms with Gasteiger partial charge in [0.05, 0.1) is 6.54 Å². The molecular formula is C16H27N3O3. The normalized spacial score (nSPS) is 28.2. The van der Waals surface area contributed by atoms with Crippen molar-refractivity contribution in [3.05, 3.63) is 0 Å². The summed E-state index contributed by atoms with van der Waals surface area (Å²) in [5, 5.41) is 2.72. The molecule has 3 heterocycles. The molecule has 0 unspecified atom stereocenters. The highest BCUT2D eigenvalue weighted by atomic mass is 16.5. The molecule has 2 amide bonds. The van der Waals surface area contributed by atoms with Crippen molar-refractivity contribution in [2.45, 2.75) is 50.2 Å². The molecule has 3 saturated heterocycles. The van der Waals surface area contributed by atoms with E-state index in [-0.39, 0.29) is 23.5 Å². The zero-order chi connectivity index (χ0) is 15.6. The van der Waals surface area contributed by atoms with Crippen LogP contribution in [0.3, 0.4) is 0 Å². The van der Waals surface area contributed by atoms with Gasteiger partial charge in [-0.2, -0.15) is 0 Å².